The van der Waals surface area contributed by atoms with Crippen LogP contribution in [-0.4, -0.2) is 27.9 Å². The number of benzene rings is 5. The van der Waals surface area contributed by atoms with Crippen LogP contribution in [0.2, 0.25) is 0 Å². The van der Waals surface area contributed by atoms with Crippen molar-refractivity contribution in [3.05, 3.63) is 154 Å². The molecule has 1 unspecified atom stereocenters. The van der Waals surface area contributed by atoms with Crippen LogP contribution < -0.4 is 15.5 Å². The van der Waals surface area contributed by atoms with Crippen LogP contribution in [-0.2, 0) is 9.59 Å². The van der Waals surface area contributed by atoms with Crippen LogP contribution in [0.1, 0.15) is 29.3 Å². The number of para-hydroxylation sites is 3. The van der Waals surface area contributed by atoms with E-state index in [4.69, 9.17) is 0 Å². The van der Waals surface area contributed by atoms with Gasteiger partial charge in [-0.2, -0.15) is 0 Å². The molecule has 1 atom stereocenters. The third-order valence-electron chi connectivity index (χ3n) is 7.65. The van der Waals surface area contributed by atoms with Crippen molar-refractivity contribution in [2.45, 2.75) is 33.3 Å². The number of amides is 3. The molecular weight excluding hydrogens is 657 g/mol. The fourth-order valence-corrected chi connectivity index (χ4v) is 7.30. The second-order valence-electron chi connectivity index (χ2n) is 10.9. The SMILES string of the molecule is CCC(Sc1ccc(NC(=O)/C(=C\c2ccccc2[N+](=O)[O-])NC(=O)c2ccccc2)cc1)C(=O)N1c2ccccc2Sc2ccccc21. The summed E-state index contributed by atoms with van der Waals surface area (Å²) in [6.07, 6.45) is 1.88. The molecule has 6 rings (SSSR count). The van der Waals surface area contributed by atoms with Gasteiger partial charge >= 0.3 is 0 Å². The summed E-state index contributed by atoms with van der Waals surface area (Å²) in [6, 6.07) is 37.1. The minimum atomic E-state index is -0.662. The van der Waals surface area contributed by atoms with Crippen molar-refractivity contribution >= 4 is 70.1 Å². The quantitative estimate of drug-likeness (QED) is 0.0652. The van der Waals surface area contributed by atoms with Gasteiger partial charge in [0.05, 0.1) is 27.1 Å². The van der Waals surface area contributed by atoms with Crippen molar-refractivity contribution in [1.82, 2.24) is 5.32 Å². The molecule has 1 heterocycles. The maximum Gasteiger partial charge on any atom is 0.276 e. The number of nitrogens with one attached hydrogen (secondary N) is 2. The molecule has 1 aliphatic heterocycles. The van der Waals surface area contributed by atoms with Gasteiger partial charge in [0.2, 0.25) is 5.91 Å². The lowest BCUT2D eigenvalue weighted by molar-refractivity contribution is -0.385. The van der Waals surface area contributed by atoms with Crippen LogP contribution in [0.3, 0.4) is 0 Å². The molecule has 0 radical (unpaired) electrons. The summed E-state index contributed by atoms with van der Waals surface area (Å²) in [7, 11) is 0. The molecule has 11 heteroatoms. The van der Waals surface area contributed by atoms with E-state index in [2.05, 4.69) is 10.6 Å². The first-order valence-corrected chi connectivity index (χ1v) is 17.1. The molecular formula is C38H30N4O5S2. The largest absolute Gasteiger partial charge is 0.321 e. The lowest BCUT2D eigenvalue weighted by atomic mass is 10.1. The van der Waals surface area contributed by atoms with E-state index in [0.717, 1.165) is 26.1 Å². The summed E-state index contributed by atoms with van der Waals surface area (Å²) in [5, 5.41) is 16.7. The van der Waals surface area contributed by atoms with Gasteiger partial charge in [-0.15, -0.1) is 11.8 Å². The zero-order valence-electron chi connectivity index (χ0n) is 26.2. The van der Waals surface area contributed by atoms with Crippen LogP contribution >= 0.6 is 23.5 Å². The summed E-state index contributed by atoms with van der Waals surface area (Å²) >= 11 is 3.09. The first kappa shape index (κ1) is 33.3. The van der Waals surface area contributed by atoms with Crippen LogP contribution in [0.4, 0.5) is 22.7 Å². The van der Waals surface area contributed by atoms with Crippen molar-refractivity contribution in [2.75, 3.05) is 10.2 Å². The third kappa shape index (κ3) is 7.58. The minimum Gasteiger partial charge on any atom is -0.321 e. The molecule has 5 aromatic rings. The number of nitrogens with zero attached hydrogens (tertiary/aromatic N) is 2. The number of thioether (sulfide) groups is 1. The predicted molar refractivity (Wildman–Crippen MR) is 194 cm³/mol. The Morgan fingerprint density at radius 3 is 2.04 bits per heavy atom. The van der Waals surface area contributed by atoms with E-state index in [-0.39, 0.29) is 28.1 Å². The number of hydrogen-bond acceptors (Lipinski definition) is 7. The van der Waals surface area contributed by atoms with Crippen molar-refractivity contribution in [3.63, 3.8) is 0 Å². The van der Waals surface area contributed by atoms with Crippen molar-refractivity contribution in [1.29, 1.82) is 0 Å². The molecule has 0 saturated carbocycles. The number of anilines is 3. The first-order chi connectivity index (χ1) is 23.8. The van der Waals surface area contributed by atoms with Gasteiger partial charge in [0.25, 0.3) is 17.5 Å². The van der Waals surface area contributed by atoms with E-state index in [0.29, 0.717) is 17.7 Å². The molecule has 244 valence electrons. The number of fused-ring (bicyclic) bond motifs is 2. The maximum absolute atomic E-state index is 14.1. The number of nitro groups is 1. The Kier molecular flexibility index (Phi) is 10.2. The Morgan fingerprint density at radius 2 is 1.41 bits per heavy atom. The smallest absolute Gasteiger partial charge is 0.276 e. The van der Waals surface area contributed by atoms with Gasteiger partial charge in [0, 0.05) is 32.0 Å². The topological polar surface area (TPSA) is 122 Å². The molecule has 3 amide bonds. The van der Waals surface area contributed by atoms with Crippen molar-refractivity contribution in [2.24, 2.45) is 0 Å². The predicted octanol–water partition coefficient (Wildman–Crippen LogP) is 8.70. The summed E-state index contributed by atoms with van der Waals surface area (Å²) in [5.41, 5.74) is 2.25. The molecule has 0 aliphatic carbocycles. The number of carbonyl (C=O) groups is 3. The Morgan fingerprint density at radius 1 is 0.816 bits per heavy atom. The molecule has 0 saturated heterocycles. The van der Waals surface area contributed by atoms with Crippen molar-refractivity contribution in [3.8, 4) is 0 Å². The highest BCUT2D eigenvalue weighted by Gasteiger charge is 2.32. The van der Waals surface area contributed by atoms with E-state index in [9.17, 15) is 24.5 Å². The lowest BCUT2D eigenvalue weighted by Gasteiger charge is -2.33. The molecule has 0 bridgehead atoms. The van der Waals surface area contributed by atoms with Gasteiger partial charge in [-0.3, -0.25) is 29.4 Å². The zero-order chi connectivity index (χ0) is 34.3. The third-order valence-corrected chi connectivity index (χ3v) is 10.1. The Bertz CT molecular complexity index is 2020. The van der Waals surface area contributed by atoms with Crippen LogP contribution in [0.25, 0.3) is 6.08 Å². The highest BCUT2D eigenvalue weighted by molar-refractivity contribution is 8.00. The summed E-state index contributed by atoms with van der Waals surface area (Å²) < 4.78 is 0. The van der Waals surface area contributed by atoms with Gasteiger partial charge in [-0.1, -0.05) is 73.3 Å². The number of hydrogen-bond donors (Lipinski definition) is 2. The Balaban J connectivity index is 1.20. The van der Waals surface area contributed by atoms with Gasteiger partial charge in [-0.25, -0.2) is 0 Å². The molecule has 0 fully saturated rings. The van der Waals surface area contributed by atoms with E-state index in [1.807, 2.05) is 72.5 Å². The van der Waals surface area contributed by atoms with E-state index in [1.54, 1.807) is 60.3 Å². The second kappa shape index (κ2) is 15.1. The highest BCUT2D eigenvalue weighted by Crippen LogP contribution is 2.48. The molecule has 0 spiro atoms. The monoisotopic (exact) mass is 686 g/mol. The van der Waals surface area contributed by atoms with E-state index < -0.39 is 16.7 Å². The van der Waals surface area contributed by atoms with Crippen LogP contribution in [0, 0.1) is 10.1 Å². The van der Waals surface area contributed by atoms with Gasteiger partial charge in [0.1, 0.15) is 5.70 Å². The highest BCUT2D eigenvalue weighted by atomic mass is 32.2. The molecule has 0 aromatic heterocycles. The number of rotatable bonds is 10. The maximum atomic E-state index is 14.1. The Hall–Kier alpha value is -5.65. The normalized spacial score (nSPS) is 12.7. The molecule has 5 aromatic carbocycles. The zero-order valence-corrected chi connectivity index (χ0v) is 27.9. The molecule has 49 heavy (non-hydrogen) atoms. The average Bonchev–Trinajstić information content (AvgIpc) is 3.13. The molecule has 2 N–H and O–H groups in total. The fraction of sp³-hybridized carbons (Fsp3) is 0.0789. The lowest BCUT2D eigenvalue weighted by Crippen LogP contribution is -2.35. The number of nitro benzene ring substituents is 1. The summed E-state index contributed by atoms with van der Waals surface area (Å²) in [6.45, 7) is 1.98. The number of carbonyl (C=O) groups excluding carboxylic acids is 3. The standard InChI is InChI=1S/C38H30N4O5S2/c1-2-33(38(45)41-31-16-8-10-18-34(31)49-35-19-11-9-17-32(35)41)48-28-22-20-27(21-23-28)39-37(44)29(40-36(43)25-12-4-3-5-13-25)24-26-14-6-7-15-30(26)42(46)47/h3-24,33H,2H2,1H3,(H,39,44)(H,40,43)/b29-24+. The van der Waals surface area contributed by atoms with Gasteiger partial charge < -0.3 is 10.6 Å². The van der Waals surface area contributed by atoms with Crippen molar-refractivity contribution < 1.29 is 19.3 Å². The van der Waals surface area contributed by atoms with E-state index >= 15 is 0 Å². The summed E-state index contributed by atoms with van der Waals surface area (Å²) in [5.74, 6) is -1.23. The van der Waals surface area contributed by atoms with Crippen LogP contribution in [0.15, 0.2) is 148 Å². The fourth-order valence-electron chi connectivity index (χ4n) is 5.25. The first-order valence-electron chi connectivity index (χ1n) is 15.4. The second-order valence-corrected chi connectivity index (χ2v) is 13.3. The van der Waals surface area contributed by atoms with Gasteiger partial charge in [-0.05, 0) is 79.2 Å². The minimum absolute atomic E-state index is 0.0241. The molecule has 1 aliphatic rings. The van der Waals surface area contributed by atoms with Crippen LogP contribution in [0.5, 0.6) is 0 Å². The Labute approximate surface area is 291 Å². The van der Waals surface area contributed by atoms with E-state index in [1.165, 1.54) is 36.0 Å². The molecule has 9 nitrogen and oxygen atoms in total. The van der Waals surface area contributed by atoms with Gasteiger partial charge in [0.15, 0.2) is 0 Å². The summed E-state index contributed by atoms with van der Waals surface area (Å²) in [4.78, 5) is 56.4. The average molecular weight is 687 g/mol.